The van der Waals surface area contributed by atoms with Crippen LogP contribution in [0.4, 0.5) is 4.79 Å². The lowest BCUT2D eigenvalue weighted by Gasteiger charge is -2.20. The predicted octanol–water partition coefficient (Wildman–Crippen LogP) is 5.23. The molecule has 0 heterocycles. The smallest absolute Gasteiger partial charge is 0.408 e. The molecule has 0 bridgehead atoms. The second-order valence-corrected chi connectivity index (χ2v) is 8.48. The predicted molar refractivity (Wildman–Crippen MR) is 122 cm³/mol. The third kappa shape index (κ3) is 3.75. The molecule has 5 rings (SSSR count). The van der Waals surface area contributed by atoms with Gasteiger partial charge in [0, 0.05) is 5.92 Å². The summed E-state index contributed by atoms with van der Waals surface area (Å²) in [6.07, 6.45) is 3.51. The molecule has 32 heavy (non-hydrogen) atoms. The molecule has 162 valence electrons. The Morgan fingerprint density at radius 1 is 0.906 bits per heavy atom. The molecule has 0 saturated carbocycles. The van der Waals surface area contributed by atoms with E-state index in [0.717, 1.165) is 47.9 Å². The number of carboxylic acid groups (broad SMARTS) is 1. The Labute approximate surface area is 187 Å². The van der Waals surface area contributed by atoms with Crippen LogP contribution in [0.25, 0.3) is 11.1 Å². The normalized spacial score (nSPS) is 15.2. The molecular weight excluding hydrogens is 402 g/mol. The van der Waals surface area contributed by atoms with Crippen LogP contribution >= 0.6 is 0 Å². The van der Waals surface area contributed by atoms with Gasteiger partial charge in [-0.1, -0.05) is 66.7 Å². The molecule has 0 radical (unpaired) electrons. The van der Waals surface area contributed by atoms with Crippen molar-refractivity contribution in [3.05, 3.63) is 94.5 Å². The number of ether oxygens (including phenoxy) is 1. The van der Waals surface area contributed by atoms with Gasteiger partial charge in [-0.25, -0.2) is 9.59 Å². The van der Waals surface area contributed by atoms with Gasteiger partial charge in [0.15, 0.2) is 6.04 Å². The first-order valence-corrected chi connectivity index (χ1v) is 11.1. The number of carbonyl (C=O) groups excluding carboxylic acids is 1. The summed E-state index contributed by atoms with van der Waals surface area (Å²) in [5, 5.41) is 12.3. The molecule has 2 N–H and O–H groups in total. The highest BCUT2D eigenvalue weighted by molar-refractivity contribution is 5.82. The first-order valence-electron chi connectivity index (χ1n) is 11.1. The SMILES string of the molecule is O=C(NC(C(=O)O)c1ccc2c(c1)CCCC2)OCC1c2ccccc2-c2ccccc21. The number of rotatable bonds is 5. The Bertz CT molecular complexity index is 1140. The van der Waals surface area contributed by atoms with Crippen LogP contribution in [0, 0.1) is 0 Å². The average Bonchev–Trinajstić information content (AvgIpc) is 3.14. The lowest BCUT2D eigenvalue weighted by molar-refractivity contribution is -0.139. The van der Waals surface area contributed by atoms with Gasteiger partial charge >= 0.3 is 12.1 Å². The summed E-state index contributed by atoms with van der Waals surface area (Å²) in [5.41, 5.74) is 7.55. The van der Waals surface area contributed by atoms with Gasteiger partial charge in [0.25, 0.3) is 0 Å². The minimum atomic E-state index is -1.14. The minimum Gasteiger partial charge on any atom is -0.479 e. The molecule has 5 nitrogen and oxygen atoms in total. The van der Waals surface area contributed by atoms with E-state index in [1.54, 1.807) is 6.07 Å². The zero-order valence-electron chi connectivity index (χ0n) is 17.7. The maximum atomic E-state index is 12.6. The fourth-order valence-corrected chi connectivity index (χ4v) is 4.98. The fraction of sp³-hybridized carbons (Fsp3) is 0.259. The van der Waals surface area contributed by atoms with Crippen LogP contribution in [0.5, 0.6) is 0 Å². The highest BCUT2D eigenvalue weighted by Gasteiger charge is 2.30. The standard InChI is InChI=1S/C27H25NO4/c29-26(30)25(19-14-13-17-7-1-2-8-18(17)15-19)28-27(31)32-16-24-22-11-5-3-9-20(22)21-10-4-6-12-23(21)24/h3-6,9-15,24-25H,1-2,7-8,16H2,(H,28,31)(H,29,30). The van der Waals surface area contributed by atoms with Crippen molar-refractivity contribution in [3.8, 4) is 11.1 Å². The minimum absolute atomic E-state index is 0.0693. The Hall–Kier alpha value is -3.60. The number of amides is 1. The number of fused-ring (bicyclic) bond motifs is 4. The van der Waals surface area contributed by atoms with Crippen LogP contribution < -0.4 is 5.32 Å². The van der Waals surface area contributed by atoms with E-state index < -0.39 is 18.1 Å². The van der Waals surface area contributed by atoms with Gasteiger partial charge in [0.05, 0.1) is 0 Å². The highest BCUT2D eigenvalue weighted by Crippen LogP contribution is 2.44. The molecule has 0 saturated heterocycles. The number of carboxylic acids is 1. The van der Waals surface area contributed by atoms with E-state index >= 15 is 0 Å². The van der Waals surface area contributed by atoms with Crippen LogP contribution in [0.3, 0.4) is 0 Å². The zero-order valence-corrected chi connectivity index (χ0v) is 17.7. The summed E-state index contributed by atoms with van der Waals surface area (Å²) in [4.78, 5) is 24.5. The molecule has 3 aromatic carbocycles. The van der Waals surface area contributed by atoms with Crippen LogP contribution in [-0.2, 0) is 22.4 Å². The summed E-state index contributed by atoms with van der Waals surface area (Å²) in [6.45, 7) is 0.149. The molecule has 0 fully saturated rings. The van der Waals surface area contributed by atoms with E-state index in [9.17, 15) is 14.7 Å². The number of nitrogens with one attached hydrogen (secondary N) is 1. The number of carbonyl (C=O) groups is 2. The van der Waals surface area contributed by atoms with Gasteiger partial charge in [0.1, 0.15) is 6.61 Å². The molecule has 0 aliphatic heterocycles. The van der Waals surface area contributed by atoms with Gasteiger partial charge in [-0.2, -0.15) is 0 Å². The topological polar surface area (TPSA) is 75.6 Å². The van der Waals surface area contributed by atoms with Crippen LogP contribution in [-0.4, -0.2) is 23.8 Å². The third-order valence-corrected chi connectivity index (χ3v) is 6.56. The second-order valence-electron chi connectivity index (χ2n) is 8.48. The zero-order chi connectivity index (χ0) is 22.1. The van der Waals surface area contributed by atoms with Gasteiger partial charge < -0.3 is 15.2 Å². The highest BCUT2D eigenvalue weighted by atomic mass is 16.5. The molecular formula is C27H25NO4. The van der Waals surface area contributed by atoms with Gasteiger partial charge in [0.2, 0.25) is 0 Å². The lowest BCUT2D eigenvalue weighted by Crippen LogP contribution is -2.35. The maximum absolute atomic E-state index is 12.6. The Balaban J connectivity index is 1.30. The first-order chi connectivity index (χ1) is 15.6. The largest absolute Gasteiger partial charge is 0.479 e. The second kappa shape index (κ2) is 8.50. The maximum Gasteiger partial charge on any atom is 0.408 e. The summed E-state index contributed by atoms with van der Waals surface area (Å²) in [7, 11) is 0. The summed E-state index contributed by atoms with van der Waals surface area (Å²) in [6, 6.07) is 20.8. The van der Waals surface area contributed by atoms with E-state index in [0.29, 0.717) is 5.56 Å². The molecule has 3 aromatic rings. The van der Waals surface area contributed by atoms with Crippen LogP contribution in [0.2, 0.25) is 0 Å². The molecule has 1 amide bonds. The number of hydrogen-bond donors (Lipinski definition) is 2. The molecule has 5 heteroatoms. The number of aryl methyl sites for hydroxylation is 2. The van der Waals surface area contributed by atoms with Gasteiger partial charge in [-0.3, -0.25) is 0 Å². The first kappa shape index (κ1) is 20.3. The summed E-state index contributed by atoms with van der Waals surface area (Å²) in [5.74, 6) is -1.17. The van der Waals surface area contributed by atoms with E-state index in [4.69, 9.17) is 4.74 Å². The molecule has 1 unspecified atom stereocenters. The average molecular weight is 428 g/mol. The fourth-order valence-electron chi connectivity index (χ4n) is 4.98. The number of alkyl carbamates (subject to hydrolysis) is 1. The van der Waals surface area contributed by atoms with Crippen LogP contribution in [0.15, 0.2) is 66.7 Å². The van der Waals surface area contributed by atoms with Crippen LogP contribution in [0.1, 0.15) is 52.6 Å². The van der Waals surface area contributed by atoms with Crippen molar-refractivity contribution in [2.24, 2.45) is 0 Å². The summed E-state index contributed by atoms with van der Waals surface area (Å²) < 4.78 is 5.54. The van der Waals surface area contributed by atoms with Gasteiger partial charge in [-0.05, 0) is 64.6 Å². The Morgan fingerprint density at radius 2 is 1.53 bits per heavy atom. The van der Waals surface area contributed by atoms with E-state index in [1.165, 1.54) is 11.1 Å². The van der Waals surface area contributed by atoms with E-state index in [1.807, 2.05) is 36.4 Å². The van der Waals surface area contributed by atoms with Gasteiger partial charge in [-0.15, -0.1) is 0 Å². The van der Waals surface area contributed by atoms with E-state index in [2.05, 4.69) is 29.6 Å². The van der Waals surface area contributed by atoms with Crippen molar-refractivity contribution in [3.63, 3.8) is 0 Å². The number of aliphatic carboxylic acids is 1. The van der Waals surface area contributed by atoms with E-state index in [-0.39, 0.29) is 12.5 Å². The molecule has 0 aromatic heterocycles. The Morgan fingerprint density at radius 3 is 2.19 bits per heavy atom. The quantitative estimate of drug-likeness (QED) is 0.585. The van der Waals surface area contributed by atoms with Crippen molar-refractivity contribution in [1.82, 2.24) is 5.32 Å². The van der Waals surface area contributed by atoms with Crippen molar-refractivity contribution in [1.29, 1.82) is 0 Å². The molecule has 2 aliphatic carbocycles. The number of hydrogen-bond acceptors (Lipinski definition) is 3. The third-order valence-electron chi connectivity index (χ3n) is 6.56. The number of benzene rings is 3. The van der Waals surface area contributed by atoms with Crippen molar-refractivity contribution in [2.45, 2.75) is 37.6 Å². The van der Waals surface area contributed by atoms with Crippen molar-refractivity contribution in [2.75, 3.05) is 6.61 Å². The molecule has 1 atom stereocenters. The molecule has 0 spiro atoms. The lowest BCUT2D eigenvalue weighted by atomic mass is 9.89. The van der Waals surface area contributed by atoms with Crippen molar-refractivity contribution >= 4 is 12.1 Å². The monoisotopic (exact) mass is 427 g/mol. The summed E-state index contributed by atoms with van der Waals surface area (Å²) >= 11 is 0. The Kier molecular flexibility index (Phi) is 5.39. The molecule has 2 aliphatic rings. The van der Waals surface area contributed by atoms with Crippen molar-refractivity contribution < 1.29 is 19.4 Å².